The molecule has 2 aromatic heterocycles. The van der Waals surface area contributed by atoms with Crippen molar-refractivity contribution < 1.29 is 36.7 Å². The Balaban J connectivity index is 0.924. The Hall–Kier alpha value is -4.86. The normalized spacial score (nSPS) is 24.8. The van der Waals surface area contributed by atoms with Crippen LogP contribution >= 0.6 is 0 Å². The number of piperazine rings is 1. The molecule has 0 spiro atoms. The highest BCUT2D eigenvalue weighted by Gasteiger charge is 2.66. The van der Waals surface area contributed by atoms with Gasteiger partial charge in [-0.05, 0) is 91.2 Å². The minimum atomic E-state index is -4.40. The van der Waals surface area contributed by atoms with Gasteiger partial charge >= 0.3 is 5.69 Å². The molecule has 2 saturated heterocycles. The predicted octanol–water partition coefficient (Wildman–Crippen LogP) is 8.64. The van der Waals surface area contributed by atoms with Crippen molar-refractivity contribution in [3.8, 4) is 17.2 Å². The summed E-state index contributed by atoms with van der Waals surface area (Å²) in [6.45, 7) is 11.6. The summed E-state index contributed by atoms with van der Waals surface area (Å²) in [5.74, 6) is -1.45. The van der Waals surface area contributed by atoms with Crippen molar-refractivity contribution in [1.29, 1.82) is 0 Å². The number of carbonyl (C=O) groups excluding carboxylic acids is 1. The van der Waals surface area contributed by atoms with Crippen LogP contribution in [-0.2, 0) is 14.6 Å². The first-order valence-corrected chi connectivity index (χ1v) is 23.0. The molecule has 0 radical (unpaired) electrons. The summed E-state index contributed by atoms with van der Waals surface area (Å²) < 4.78 is 59.7. The van der Waals surface area contributed by atoms with E-state index in [4.69, 9.17) is 14.2 Å². The lowest BCUT2D eigenvalue weighted by Crippen LogP contribution is -2.61. The van der Waals surface area contributed by atoms with Crippen molar-refractivity contribution >= 4 is 38.0 Å². The molecule has 4 aliphatic carbocycles. The van der Waals surface area contributed by atoms with E-state index in [9.17, 15) is 23.3 Å². The number of allylic oxidation sites excluding steroid dienone is 1. The number of anilines is 1. The summed E-state index contributed by atoms with van der Waals surface area (Å²) in [6.07, 6.45) is 11.1. The number of alkyl halides is 1. The molecule has 0 amide bonds. The summed E-state index contributed by atoms with van der Waals surface area (Å²) in [5.41, 5.74) is 3.96. The van der Waals surface area contributed by atoms with Gasteiger partial charge in [-0.1, -0.05) is 31.9 Å². The number of aromatic amines is 1. The standard InChI is InChI=1S/C46H54FN5O8S/c1-43(2)10-8-32(37(23-43)45-27-44(3,28-45)29-45)25-50-14-16-51(17-15-50)33-4-6-36(41(21-33)60-34-20-31-9-13-48-42(31)49-24-34)39(53)26-61(56,57)35-5-7-40(38(22-35)52(54)55)59-30-46(47)11-18-58-19-12-46/h4-7,9,13,20-22,24H,8,10-12,14-19,23,25-30H2,1-3H3,(H,48,49). The summed E-state index contributed by atoms with van der Waals surface area (Å²) >= 11 is 0. The SMILES string of the molecule is CC1(C)CCC(CN2CCN(c3ccc(C(=O)CS(=O)(=O)c4ccc(OCC5(F)CCOCC5)c([N+](=O)[O-])c4)c(Oc4cnc5[nH]ccc5c4)c3)CC2)=C(C23CC(C)(C2)C3)C1. The number of nitrogens with zero attached hydrogens (tertiary/aromatic N) is 4. The second-order valence-corrected chi connectivity index (χ2v) is 21.3. The fourth-order valence-corrected chi connectivity index (χ4v) is 11.9. The van der Waals surface area contributed by atoms with Gasteiger partial charge in [0.15, 0.2) is 21.4 Å². The number of nitro benzene ring substituents is 1. The van der Waals surface area contributed by atoms with Crippen LogP contribution in [0.25, 0.3) is 11.0 Å². The lowest BCUT2D eigenvalue weighted by atomic mass is 9.33. The van der Waals surface area contributed by atoms with E-state index in [2.05, 4.69) is 40.5 Å². The smallest absolute Gasteiger partial charge is 0.312 e. The van der Waals surface area contributed by atoms with Crippen molar-refractivity contribution in [2.75, 3.05) is 63.2 Å². The molecule has 4 aromatic rings. The van der Waals surface area contributed by atoms with Crippen molar-refractivity contribution in [1.82, 2.24) is 14.9 Å². The molecule has 6 aliphatic rings. The molecular weight excluding hydrogens is 802 g/mol. The van der Waals surface area contributed by atoms with Gasteiger partial charge in [-0.3, -0.25) is 19.8 Å². The lowest BCUT2D eigenvalue weighted by molar-refractivity contribution is -0.386. The average molecular weight is 856 g/mol. The van der Waals surface area contributed by atoms with E-state index in [1.165, 1.54) is 44.7 Å². The van der Waals surface area contributed by atoms with Gasteiger partial charge in [0.05, 0.1) is 21.6 Å². The van der Waals surface area contributed by atoms with Gasteiger partial charge in [0.1, 0.15) is 35.2 Å². The Kier molecular flexibility index (Phi) is 10.5. The molecule has 0 unspecified atom stereocenters. The fraction of sp³-hybridized carbons (Fsp3) is 0.522. The highest BCUT2D eigenvalue weighted by atomic mass is 32.2. The van der Waals surface area contributed by atoms with Gasteiger partial charge in [0.2, 0.25) is 0 Å². The quantitative estimate of drug-likeness (QED) is 0.0561. The van der Waals surface area contributed by atoms with Crippen LogP contribution in [0.3, 0.4) is 0 Å². The summed E-state index contributed by atoms with van der Waals surface area (Å²) in [5, 5.41) is 12.8. The number of Topliss-reactive ketones (excluding diaryl/α,β-unsaturated/α-hetero) is 1. The van der Waals surface area contributed by atoms with Gasteiger partial charge in [0.25, 0.3) is 0 Å². The van der Waals surface area contributed by atoms with Crippen molar-refractivity contribution in [2.24, 2.45) is 16.2 Å². The number of H-pyrrole nitrogens is 1. The monoisotopic (exact) mass is 855 g/mol. The number of nitrogens with one attached hydrogen (secondary N) is 1. The van der Waals surface area contributed by atoms with E-state index in [1.54, 1.807) is 35.5 Å². The number of hydrogen-bond donors (Lipinski definition) is 1. The van der Waals surface area contributed by atoms with E-state index >= 15 is 4.39 Å². The molecular formula is C46H54FN5O8S. The number of ether oxygens (including phenoxy) is 3. The van der Waals surface area contributed by atoms with Gasteiger partial charge in [-0.15, -0.1) is 0 Å². The van der Waals surface area contributed by atoms with Gasteiger partial charge in [-0.25, -0.2) is 17.8 Å². The molecule has 2 bridgehead atoms. The Bertz CT molecular complexity index is 2500. The highest BCUT2D eigenvalue weighted by Crippen LogP contribution is 2.77. The Labute approximate surface area is 355 Å². The summed E-state index contributed by atoms with van der Waals surface area (Å²) in [4.78, 5) is 37.1. The maximum Gasteiger partial charge on any atom is 0.312 e. The maximum atomic E-state index is 15.2. The number of pyridine rings is 1. The number of nitro groups is 1. The summed E-state index contributed by atoms with van der Waals surface area (Å²) in [6, 6.07) is 11.9. The zero-order valence-corrected chi connectivity index (χ0v) is 36.0. The van der Waals surface area contributed by atoms with E-state index in [1.807, 2.05) is 12.1 Å². The van der Waals surface area contributed by atoms with E-state index < -0.39 is 49.2 Å². The number of fused-ring (bicyclic) bond motifs is 1. The number of rotatable bonds is 14. The number of sulfone groups is 1. The molecule has 2 aliphatic heterocycles. The molecule has 2 aromatic carbocycles. The predicted molar refractivity (Wildman–Crippen MR) is 229 cm³/mol. The van der Waals surface area contributed by atoms with Crippen LogP contribution in [0.1, 0.15) is 82.5 Å². The molecule has 3 saturated carbocycles. The fourth-order valence-electron chi connectivity index (χ4n) is 10.6. The Morgan fingerprint density at radius 1 is 0.984 bits per heavy atom. The molecule has 15 heteroatoms. The number of hydrogen-bond acceptors (Lipinski definition) is 11. The number of halogens is 1. The minimum absolute atomic E-state index is 0.0430. The molecule has 10 rings (SSSR count). The second-order valence-electron chi connectivity index (χ2n) is 19.3. The number of benzene rings is 2. The van der Waals surface area contributed by atoms with Crippen molar-refractivity contribution in [2.45, 2.75) is 82.7 Å². The molecule has 0 atom stereocenters. The first-order valence-electron chi connectivity index (χ1n) is 21.4. The van der Waals surface area contributed by atoms with Gasteiger partial charge in [0, 0.05) is 88.2 Å². The maximum absolute atomic E-state index is 15.2. The third-order valence-electron chi connectivity index (χ3n) is 13.8. The number of aromatic nitrogens is 2. The van der Waals surface area contributed by atoms with E-state index in [0.29, 0.717) is 27.6 Å². The van der Waals surface area contributed by atoms with Gasteiger partial charge in [-0.2, -0.15) is 0 Å². The largest absolute Gasteiger partial charge is 0.483 e. The van der Waals surface area contributed by atoms with Crippen LogP contribution < -0.4 is 14.4 Å². The van der Waals surface area contributed by atoms with Crippen LogP contribution in [0.15, 0.2) is 77.0 Å². The topological polar surface area (TPSA) is 157 Å². The molecule has 13 nitrogen and oxygen atoms in total. The van der Waals surface area contributed by atoms with Crippen LogP contribution in [0, 0.1) is 26.4 Å². The zero-order valence-electron chi connectivity index (χ0n) is 35.1. The van der Waals surface area contributed by atoms with E-state index in [-0.39, 0.29) is 43.1 Å². The first-order chi connectivity index (χ1) is 29.0. The molecule has 61 heavy (non-hydrogen) atoms. The number of carbonyl (C=O) groups is 1. The lowest BCUT2D eigenvalue weighted by Gasteiger charge is -2.72. The minimum Gasteiger partial charge on any atom is -0.483 e. The van der Waals surface area contributed by atoms with Crippen LogP contribution in [-0.4, -0.2) is 98.0 Å². The van der Waals surface area contributed by atoms with Crippen LogP contribution in [0.2, 0.25) is 0 Å². The Morgan fingerprint density at radius 2 is 1.74 bits per heavy atom. The van der Waals surface area contributed by atoms with Crippen molar-refractivity contribution in [3.63, 3.8) is 0 Å². The zero-order chi connectivity index (χ0) is 42.8. The Morgan fingerprint density at radius 3 is 2.46 bits per heavy atom. The summed E-state index contributed by atoms with van der Waals surface area (Å²) in [7, 11) is -4.40. The number of ketones is 1. The van der Waals surface area contributed by atoms with Crippen LogP contribution in [0.4, 0.5) is 15.8 Å². The highest BCUT2D eigenvalue weighted by molar-refractivity contribution is 7.92. The van der Waals surface area contributed by atoms with Gasteiger partial charge < -0.3 is 24.1 Å². The van der Waals surface area contributed by atoms with E-state index in [0.717, 1.165) is 62.0 Å². The van der Waals surface area contributed by atoms with Crippen molar-refractivity contribution in [3.05, 3.63) is 87.7 Å². The molecule has 5 fully saturated rings. The third-order valence-corrected chi connectivity index (χ3v) is 15.4. The molecule has 1 N–H and O–H groups in total. The third kappa shape index (κ3) is 8.40. The molecule has 4 heterocycles. The molecule has 324 valence electrons. The average Bonchev–Trinajstić information content (AvgIpc) is 3.67. The second kappa shape index (κ2) is 15.5. The van der Waals surface area contributed by atoms with Crippen LogP contribution in [0.5, 0.6) is 17.2 Å². The first kappa shape index (κ1) is 41.5.